The van der Waals surface area contributed by atoms with Gasteiger partial charge in [-0.2, -0.15) is 0 Å². The average molecular weight is 298 g/mol. The largest absolute Gasteiger partial charge is 0.457 e. The molecule has 5 nitrogen and oxygen atoms in total. The second-order valence-electron chi connectivity index (χ2n) is 4.71. The Morgan fingerprint density at radius 2 is 2.05 bits per heavy atom. The first-order valence-corrected chi connectivity index (χ1v) is 7.41. The standard InChI is InChI=1S/C16H26O5/c1-4-7-8-13(5-2)9-10-14(21-15(18)6-3)16(19)20-12-11-17/h6,10,13,17H,3-5,7-9,11-12H2,1-2H3/b14-10-. The zero-order valence-corrected chi connectivity index (χ0v) is 13.0. The van der Waals surface area contributed by atoms with Crippen molar-refractivity contribution in [3.05, 3.63) is 24.5 Å². The van der Waals surface area contributed by atoms with Crippen molar-refractivity contribution in [3.8, 4) is 0 Å². The second-order valence-corrected chi connectivity index (χ2v) is 4.71. The van der Waals surface area contributed by atoms with Crippen molar-refractivity contribution in [3.63, 3.8) is 0 Å². The first-order valence-electron chi connectivity index (χ1n) is 7.41. The van der Waals surface area contributed by atoms with E-state index in [4.69, 9.17) is 14.6 Å². The van der Waals surface area contributed by atoms with Gasteiger partial charge in [0.25, 0.3) is 0 Å². The van der Waals surface area contributed by atoms with E-state index < -0.39 is 11.9 Å². The molecule has 0 bridgehead atoms. The molecule has 0 heterocycles. The van der Waals surface area contributed by atoms with Gasteiger partial charge in [0.1, 0.15) is 6.61 Å². The number of carbonyl (C=O) groups is 2. The number of unbranched alkanes of at least 4 members (excludes halogenated alkanes) is 1. The van der Waals surface area contributed by atoms with E-state index in [2.05, 4.69) is 20.4 Å². The minimum Gasteiger partial charge on any atom is -0.457 e. The molecule has 0 aliphatic carbocycles. The van der Waals surface area contributed by atoms with Crippen LogP contribution in [0.25, 0.3) is 0 Å². The maximum absolute atomic E-state index is 11.8. The van der Waals surface area contributed by atoms with Crippen molar-refractivity contribution in [2.24, 2.45) is 5.92 Å². The summed E-state index contributed by atoms with van der Waals surface area (Å²) in [7, 11) is 0. The predicted octanol–water partition coefficient (Wildman–Crippen LogP) is 2.74. The molecular weight excluding hydrogens is 272 g/mol. The molecule has 0 spiro atoms. The van der Waals surface area contributed by atoms with Crippen molar-refractivity contribution in [2.45, 2.75) is 46.0 Å². The van der Waals surface area contributed by atoms with Crippen LogP contribution >= 0.6 is 0 Å². The lowest BCUT2D eigenvalue weighted by atomic mass is 9.95. The van der Waals surface area contributed by atoms with E-state index >= 15 is 0 Å². The maximum atomic E-state index is 11.8. The van der Waals surface area contributed by atoms with Gasteiger partial charge in [0.05, 0.1) is 6.61 Å². The van der Waals surface area contributed by atoms with Crippen LogP contribution in [-0.4, -0.2) is 30.3 Å². The van der Waals surface area contributed by atoms with E-state index in [1.807, 2.05) is 0 Å². The van der Waals surface area contributed by atoms with Gasteiger partial charge in [-0.25, -0.2) is 9.59 Å². The Hall–Kier alpha value is -1.62. The molecule has 0 aliphatic heterocycles. The number of esters is 2. The van der Waals surface area contributed by atoms with E-state index in [1.54, 1.807) is 6.08 Å². The fourth-order valence-electron chi connectivity index (χ4n) is 1.78. The van der Waals surface area contributed by atoms with Crippen molar-refractivity contribution < 1.29 is 24.2 Å². The summed E-state index contributed by atoms with van der Waals surface area (Å²) >= 11 is 0. The Morgan fingerprint density at radius 3 is 2.57 bits per heavy atom. The first-order chi connectivity index (χ1) is 10.1. The van der Waals surface area contributed by atoms with Gasteiger partial charge in [-0.15, -0.1) is 0 Å². The summed E-state index contributed by atoms with van der Waals surface area (Å²) in [6, 6.07) is 0. The third kappa shape index (κ3) is 9.02. The zero-order valence-electron chi connectivity index (χ0n) is 13.0. The smallest absolute Gasteiger partial charge is 0.374 e. The molecule has 1 N–H and O–H groups in total. The summed E-state index contributed by atoms with van der Waals surface area (Å²) in [6.45, 7) is 7.11. The predicted molar refractivity (Wildman–Crippen MR) is 80.3 cm³/mol. The Bertz CT molecular complexity index is 360. The fraction of sp³-hybridized carbons (Fsp3) is 0.625. The SMILES string of the molecule is C=CC(=O)O/C(=C\CC(CC)CCCC)C(=O)OCCO. The van der Waals surface area contributed by atoms with Crippen molar-refractivity contribution in [1.29, 1.82) is 0 Å². The first kappa shape index (κ1) is 19.4. The lowest BCUT2D eigenvalue weighted by Gasteiger charge is -2.13. The van der Waals surface area contributed by atoms with Crippen molar-refractivity contribution in [1.82, 2.24) is 0 Å². The molecule has 1 atom stereocenters. The van der Waals surface area contributed by atoms with Gasteiger partial charge < -0.3 is 14.6 Å². The fourth-order valence-corrected chi connectivity index (χ4v) is 1.78. The molecular formula is C16H26O5. The highest BCUT2D eigenvalue weighted by molar-refractivity contribution is 5.92. The molecule has 0 saturated carbocycles. The van der Waals surface area contributed by atoms with E-state index in [0.717, 1.165) is 31.8 Å². The lowest BCUT2D eigenvalue weighted by molar-refractivity contribution is -0.149. The van der Waals surface area contributed by atoms with E-state index in [9.17, 15) is 9.59 Å². The number of hydrogen-bond acceptors (Lipinski definition) is 5. The molecule has 1 unspecified atom stereocenters. The summed E-state index contributed by atoms with van der Waals surface area (Å²) < 4.78 is 9.68. The highest BCUT2D eigenvalue weighted by Gasteiger charge is 2.16. The van der Waals surface area contributed by atoms with E-state index in [-0.39, 0.29) is 19.0 Å². The Morgan fingerprint density at radius 1 is 1.33 bits per heavy atom. The summed E-state index contributed by atoms with van der Waals surface area (Å²) in [4.78, 5) is 23.0. The van der Waals surface area contributed by atoms with Gasteiger partial charge >= 0.3 is 11.9 Å². The molecule has 0 amide bonds. The molecule has 0 saturated heterocycles. The maximum Gasteiger partial charge on any atom is 0.374 e. The minimum absolute atomic E-state index is 0.130. The van der Waals surface area contributed by atoms with Crippen LogP contribution in [0.4, 0.5) is 0 Å². The third-order valence-corrected chi connectivity index (χ3v) is 3.08. The number of ether oxygens (including phenoxy) is 2. The zero-order chi connectivity index (χ0) is 16.1. The Labute approximate surface area is 126 Å². The van der Waals surface area contributed by atoms with Crippen LogP contribution in [0.15, 0.2) is 24.5 Å². The minimum atomic E-state index is -0.746. The Balaban J connectivity index is 4.74. The summed E-state index contributed by atoms with van der Waals surface area (Å²) in [6.07, 6.45) is 7.53. The highest BCUT2D eigenvalue weighted by Crippen LogP contribution is 2.18. The summed E-state index contributed by atoms with van der Waals surface area (Å²) in [5, 5.41) is 8.66. The van der Waals surface area contributed by atoms with E-state index in [0.29, 0.717) is 12.3 Å². The van der Waals surface area contributed by atoms with Crippen LogP contribution in [0.2, 0.25) is 0 Å². The molecule has 0 fully saturated rings. The number of allylic oxidation sites excluding steroid dienone is 1. The number of rotatable bonds is 11. The summed E-state index contributed by atoms with van der Waals surface area (Å²) in [5.74, 6) is -1.15. The van der Waals surface area contributed by atoms with Crippen molar-refractivity contribution >= 4 is 11.9 Å². The van der Waals surface area contributed by atoms with E-state index in [1.165, 1.54) is 0 Å². The second kappa shape index (κ2) is 12.1. The highest BCUT2D eigenvalue weighted by atomic mass is 16.6. The van der Waals surface area contributed by atoms with Crippen LogP contribution in [0, 0.1) is 5.92 Å². The molecule has 0 aromatic carbocycles. The molecule has 0 rings (SSSR count). The average Bonchev–Trinajstić information content (AvgIpc) is 2.51. The van der Waals surface area contributed by atoms with Crippen molar-refractivity contribution in [2.75, 3.05) is 13.2 Å². The quantitative estimate of drug-likeness (QED) is 0.361. The van der Waals surface area contributed by atoms with Crippen LogP contribution in [0.3, 0.4) is 0 Å². The van der Waals surface area contributed by atoms with Gasteiger partial charge in [-0.1, -0.05) is 46.1 Å². The van der Waals surface area contributed by atoms with Gasteiger partial charge in [-0.05, 0) is 18.4 Å². The van der Waals surface area contributed by atoms with Gasteiger partial charge in [-0.3, -0.25) is 0 Å². The molecule has 0 aromatic heterocycles. The number of aliphatic hydroxyl groups excluding tert-OH is 1. The van der Waals surface area contributed by atoms with Gasteiger partial charge in [0.15, 0.2) is 0 Å². The number of carbonyl (C=O) groups excluding carboxylic acids is 2. The van der Waals surface area contributed by atoms with Crippen LogP contribution in [0.5, 0.6) is 0 Å². The van der Waals surface area contributed by atoms with Gasteiger partial charge in [0.2, 0.25) is 5.76 Å². The molecule has 5 heteroatoms. The molecule has 120 valence electrons. The van der Waals surface area contributed by atoms with Crippen LogP contribution in [-0.2, 0) is 19.1 Å². The summed E-state index contributed by atoms with van der Waals surface area (Å²) in [5.41, 5.74) is 0. The molecule has 0 radical (unpaired) electrons. The normalized spacial score (nSPS) is 12.6. The topological polar surface area (TPSA) is 72.8 Å². The monoisotopic (exact) mass is 298 g/mol. The van der Waals surface area contributed by atoms with Gasteiger partial charge in [0, 0.05) is 6.08 Å². The molecule has 21 heavy (non-hydrogen) atoms. The Kier molecular flexibility index (Phi) is 11.2. The number of hydrogen-bond donors (Lipinski definition) is 1. The lowest BCUT2D eigenvalue weighted by Crippen LogP contribution is -2.16. The number of aliphatic hydroxyl groups is 1. The molecule has 0 aliphatic rings. The van der Waals surface area contributed by atoms with Crippen LogP contribution < -0.4 is 0 Å². The third-order valence-electron chi connectivity index (χ3n) is 3.08. The van der Waals surface area contributed by atoms with Crippen LogP contribution in [0.1, 0.15) is 46.0 Å². The molecule has 0 aromatic rings.